The summed E-state index contributed by atoms with van der Waals surface area (Å²) in [6.07, 6.45) is 1.63. The number of nitrogens with zero attached hydrogens (tertiary/aromatic N) is 1. The van der Waals surface area contributed by atoms with E-state index < -0.39 is 10.0 Å². The number of hydrogen-bond donors (Lipinski definition) is 1. The van der Waals surface area contributed by atoms with Crippen LogP contribution in [0.2, 0.25) is 0 Å². The lowest BCUT2D eigenvalue weighted by Crippen LogP contribution is -2.44. The second-order valence-electron chi connectivity index (χ2n) is 7.52. The monoisotopic (exact) mass is 420 g/mol. The topological polar surface area (TPSA) is 66.5 Å². The predicted molar refractivity (Wildman–Crippen MR) is 119 cm³/mol. The van der Waals surface area contributed by atoms with Gasteiger partial charge in [0.15, 0.2) is 0 Å². The first kappa shape index (κ1) is 20.2. The third-order valence-corrected chi connectivity index (χ3v) is 7.14. The van der Waals surface area contributed by atoms with Crippen molar-refractivity contribution < 1.29 is 13.2 Å². The first-order valence-electron chi connectivity index (χ1n) is 10.0. The van der Waals surface area contributed by atoms with E-state index in [2.05, 4.69) is 17.4 Å². The van der Waals surface area contributed by atoms with Gasteiger partial charge in [-0.1, -0.05) is 66.7 Å². The minimum absolute atomic E-state index is 0.0623. The number of aryl methyl sites for hydroxylation is 1. The fraction of sp³-hybridized carbons (Fsp3) is 0.208. The van der Waals surface area contributed by atoms with Crippen molar-refractivity contribution in [1.29, 1.82) is 0 Å². The Hall–Kier alpha value is -3.12. The summed E-state index contributed by atoms with van der Waals surface area (Å²) in [6, 6.07) is 24.2. The largest absolute Gasteiger partial charge is 0.352 e. The Balaban J connectivity index is 1.50. The molecule has 1 unspecified atom stereocenters. The van der Waals surface area contributed by atoms with Gasteiger partial charge in [0.05, 0.1) is 10.6 Å². The van der Waals surface area contributed by atoms with Gasteiger partial charge in [-0.25, -0.2) is 8.42 Å². The standard InChI is InChI=1S/C24H24N2O3S/c1-18(15-16-19-9-3-2-4-10-19)25-24(27)17-26-22-13-7-5-11-20(22)21-12-6-8-14-23(21)30(26,28)29/h2-14,18H,15-17H2,1H3,(H,25,27). The Kier molecular flexibility index (Phi) is 5.59. The third kappa shape index (κ3) is 3.96. The third-order valence-electron chi connectivity index (χ3n) is 5.32. The second kappa shape index (κ2) is 8.32. The number of carbonyl (C=O) groups is 1. The predicted octanol–water partition coefficient (Wildman–Crippen LogP) is 4.00. The second-order valence-corrected chi connectivity index (χ2v) is 9.35. The number of carbonyl (C=O) groups excluding carboxylic acids is 1. The van der Waals surface area contributed by atoms with Crippen LogP contribution in [0, 0.1) is 0 Å². The number of hydrogen-bond acceptors (Lipinski definition) is 3. The van der Waals surface area contributed by atoms with Crippen LogP contribution in [-0.2, 0) is 21.2 Å². The van der Waals surface area contributed by atoms with Gasteiger partial charge in [-0.2, -0.15) is 0 Å². The van der Waals surface area contributed by atoms with E-state index >= 15 is 0 Å². The lowest BCUT2D eigenvalue weighted by atomic mass is 10.0. The van der Waals surface area contributed by atoms with Crippen LogP contribution in [0.5, 0.6) is 0 Å². The molecule has 0 aromatic heterocycles. The molecule has 6 heteroatoms. The fourth-order valence-corrected chi connectivity index (χ4v) is 5.45. The normalized spacial score (nSPS) is 15.0. The molecule has 1 aliphatic rings. The van der Waals surface area contributed by atoms with Gasteiger partial charge in [0.2, 0.25) is 5.91 Å². The Bertz CT molecular complexity index is 1160. The summed E-state index contributed by atoms with van der Waals surface area (Å²) in [4.78, 5) is 13.0. The van der Waals surface area contributed by atoms with Gasteiger partial charge in [-0.15, -0.1) is 0 Å². The molecule has 1 aliphatic heterocycles. The van der Waals surface area contributed by atoms with Crippen LogP contribution in [0.25, 0.3) is 11.1 Å². The zero-order chi connectivity index (χ0) is 21.1. The number of amides is 1. The summed E-state index contributed by atoms with van der Waals surface area (Å²) in [6.45, 7) is 1.69. The lowest BCUT2D eigenvalue weighted by molar-refractivity contribution is -0.120. The van der Waals surface area contributed by atoms with Crippen LogP contribution in [0.15, 0.2) is 83.8 Å². The molecule has 0 aliphatic carbocycles. The van der Waals surface area contributed by atoms with E-state index in [1.165, 1.54) is 9.87 Å². The van der Waals surface area contributed by atoms with Crippen molar-refractivity contribution in [2.45, 2.75) is 30.7 Å². The Morgan fingerprint density at radius 3 is 2.30 bits per heavy atom. The van der Waals surface area contributed by atoms with Gasteiger partial charge in [0, 0.05) is 17.2 Å². The molecular formula is C24H24N2O3S. The molecule has 0 saturated heterocycles. The fourth-order valence-electron chi connectivity index (χ4n) is 3.80. The first-order valence-corrected chi connectivity index (χ1v) is 11.5. The number of rotatable bonds is 6. The Morgan fingerprint density at radius 2 is 1.53 bits per heavy atom. The van der Waals surface area contributed by atoms with E-state index in [0.717, 1.165) is 18.4 Å². The molecule has 0 spiro atoms. The van der Waals surface area contributed by atoms with Gasteiger partial charge in [-0.05, 0) is 37.5 Å². The number of fused-ring (bicyclic) bond motifs is 3. The summed E-state index contributed by atoms with van der Waals surface area (Å²) >= 11 is 0. The molecule has 0 bridgehead atoms. The van der Waals surface area contributed by atoms with Gasteiger partial charge in [-0.3, -0.25) is 9.10 Å². The highest BCUT2D eigenvalue weighted by atomic mass is 32.2. The van der Waals surface area contributed by atoms with Crippen molar-refractivity contribution in [3.8, 4) is 11.1 Å². The van der Waals surface area contributed by atoms with Crippen molar-refractivity contribution in [3.63, 3.8) is 0 Å². The summed E-state index contributed by atoms with van der Waals surface area (Å²) in [5.74, 6) is -0.312. The van der Waals surface area contributed by atoms with E-state index in [1.807, 2.05) is 43.3 Å². The molecule has 0 radical (unpaired) electrons. The molecular weight excluding hydrogens is 396 g/mol. The van der Waals surface area contributed by atoms with Crippen molar-refractivity contribution >= 4 is 21.6 Å². The lowest BCUT2D eigenvalue weighted by Gasteiger charge is -2.31. The number of nitrogens with one attached hydrogen (secondary N) is 1. The smallest absolute Gasteiger partial charge is 0.265 e. The quantitative estimate of drug-likeness (QED) is 0.655. The van der Waals surface area contributed by atoms with Crippen molar-refractivity contribution in [3.05, 3.63) is 84.4 Å². The summed E-state index contributed by atoms with van der Waals surface area (Å²) < 4.78 is 27.7. The zero-order valence-electron chi connectivity index (χ0n) is 16.8. The molecule has 1 heterocycles. The Labute approximate surface area is 177 Å². The van der Waals surface area contributed by atoms with E-state index in [1.54, 1.807) is 30.3 Å². The molecule has 3 aromatic rings. The average molecular weight is 421 g/mol. The van der Waals surface area contributed by atoms with Gasteiger partial charge >= 0.3 is 0 Å². The number of para-hydroxylation sites is 1. The molecule has 0 saturated carbocycles. The Morgan fingerprint density at radius 1 is 0.900 bits per heavy atom. The van der Waals surface area contributed by atoms with Gasteiger partial charge < -0.3 is 5.32 Å². The maximum atomic E-state index is 13.2. The summed E-state index contributed by atoms with van der Waals surface area (Å²) in [5.41, 5.74) is 3.22. The molecule has 1 amide bonds. The van der Waals surface area contributed by atoms with E-state index in [4.69, 9.17) is 0 Å². The maximum Gasteiger partial charge on any atom is 0.265 e. The van der Waals surface area contributed by atoms with E-state index in [0.29, 0.717) is 11.3 Å². The molecule has 154 valence electrons. The molecule has 1 N–H and O–H groups in total. The van der Waals surface area contributed by atoms with Crippen LogP contribution in [-0.4, -0.2) is 26.9 Å². The van der Waals surface area contributed by atoms with Crippen LogP contribution < -0.4 is 9.62 Å². The molecule has 0 fully saturated rings. The molecule has 5 nitrogen and oxygen atoms in total. The van der Waals surface area contributed by atoms with Gasteiger partial charge in [0.25, 0.3) is 10.0 Å². The number of sulfonamides is 1. The first-order chi connectivity index (χ1) is 14.5. The molecule has 4 rings (SSSR count). The minimum atomic E-state index is -3.81. The zero-order valence-corrected chi connectivity index (χ0v) is 17.6. The number of benzene rings is 3. The molecule has 1 atom stereocenters. The van der Waals surface area contributed by atoms with Crippen LogP contribution in [0.3, 0.4) is 0 Å². The maximum absolute atomic E-state index is 13.2. The van der Waals surface area contributed by atoms with E-state index in [-0.39, 0.29) is 23.4 Å². The van der Waals surface area contributed by atoms with Crippen LogP contribution in [0.1, 0.15) is 18.9 Å². The summed E-state index contributed by atoms with van der Waals surface area (Å²) in [5, 5.41) is 2.94. The minimum Gasteiger partial charge on any atom is -0.352 e. The van der Waals surface area contributed by atoms with Crippen molar-refractivity contribution in [1.82, 2.24) is 5.32 Å². The number of anilines is 1. The SMILES string of the molecule is CC(CCc1ccccc1)NC(=O)CN1c2ccccc2-c2ccccc2S1(=O)=O. The van der Waals surface area contributed by atoms with Crippen LogP contribution >= 0.6 is 0 Å². The average Bonchev–Trinajstić information content (AvgIpc) is 2.76. The van der Waals surface area contributed by atoms with E-state index in [9.17, 15) is 13.2 Å². The molecule has 30 heavy (non-hydrogen) atoms. The van der Waals surface area contributed by atoms with Crippen LogP contribution in [0.4, 0.5) is 5.69 Å². The van der Waals surface area contributed by atoms with Crippen molar-refractivity contribution in [2.75, 3.05) is 10.8 Å². The van der Waals surface area contributed by atoms with Crippen molar-refractivity contribution in [2.24, 2.45) is 0 Å². The van der Waals surface area contributed by atoms with Gasteiger partial charge in [0.1, 0.15) is 6.54 Å². The molecule has 3 aromatic carbocycles. The highest BCUT2D eigenvalue weighted by Gasteiger charge is 2.35. The highest BCUT2D eigenvalue weighted by molar-refractivity contribution is 7.93. The highest BCUT2D eigenvalue weighted by Crippen LogP contribution is 2.42. The summed E-state index contributed by atoms with van der Waals surface area (Å²) in [7, 11) is -3.81.